The Labute approximate surface area is 97.3 Å². The lowest BCUT2D eigenvalue weighted by molar-refractivity contribution is 1.43. The van der Waals surface area contributed by atoms with Crippen LogP contribution in [0.3, 0.4) is 0 Å². The van der Waals surface area contributed by atoms with Crippen molar-refractivity contribution in [3.8, 4) is 11.1 Å². The molecule has 0 aromatic heterocycles. The molecule has 2 aromatic carbocycles. The molecule has 0 saturated carbocycles. The molecule has 0 aliphatic rings. The van der Waals surface area contributed by atoms with E-state index in [0.29, 0.717) is 0 Å². The summed E-state index contributed by atoms with van der Waals surface area (Å²) in [6.45, 7) is 8.17. The summed E-state index contributed by atoms with van der Waals surface area (Å²) in [4.78, 5) is 0. The Hall–Kier alpha value is -1.82. The van der Waals surface area contributed by atoms with Crippen LogP contribution in [0.2, 0.25) is 0 Å². The van der Waals surface area contributed by atoms with Crippen molar-refractivity contribution in [1.29, 1.82) is 0 Å². The molecule has 2 aromatic rings. The van der Waals surface area contributed by atoms with E-state index < -0.39 is 0 Å². The summed E-state index contributed by atoms with van der Waals surface area (Å²) < 4.78 is 0. The van der Waals surface area contributed by atoms with Crippen LogP contribution in [0, 0.1) is 6.92 Å². The standard InChI is InChI=1S/C16H16/c1-12(2)15-9-13(3)10-16(11-15)14-7-5-4-6-8-14/h4-11H,1H2,2-3H3. The maximum atomic E-state index is 4.00. The second-order valence-corrected chi connectivity index (χ2v) is 4.23. The molecule has 0 aliphatic heterocycles. The molecule has 0 saturated heterocycles. The number of rotatable bonds is 2. The average Bonchev–Trinajstić information content (AvgIpc) is 2.29. The third-order valence-electron chi connectivity index (χ3n) is 2.68. The Kier molecular flexibility index (Phi) is 2.91. The summed E-state index contributed by atoms with van der Waals surface area (Å²) in [5, 5.41) is 0. The summed E-state index contributed by atoms with van der Waals surface area (Å²) in [5.41, 5.74) is 6.13. The highest BCUT2D eigenvalue weighted by Crippen LogP contribution is 2.24. The van der Waals surface area contributed by atoms with E-state index in [2.05, 4.69) is 56.0 Å². The minimum absolute atomic E-state index is 1.11. The molecule has 80 valence electrons. The van der Waals surface area contributed by atoms with Crippen molar-refractivity contribution in [2.75, 3.05) is 0 Å². The summed E-state index contributed by atoms with van der Waals surface area (Å²) in [6, 6.07) is 17.0. The number of hydrogen-bond acceptors (Lipinski definition) is 0. The van der Waals surface area contributed by atoms with Crippen LogP contribution in [0.15, 0.2) is 55.1 Å². The van der Waals surface area contributed by atoms with Crippen molar-refractivity contribution in [2.24, 2.45) is 0 Å². The van der Waals surface area contributed by atoms with Crippen LogP contribution < -0.4 is 0 Å². The predicted molar refractivity (Wildman–Crippen MR) is 71.3 cm³/mol. The first-order valence-electron chi connectivity index (χ1n) is 5.50. The average molecular weight is 208 g/mol. The highest BCUT2D eigenvalue weighted by Gasteiger charge is 2.01. The normalized spacial score (nSPS) is 10.1. The van der Waals surface area contributed by atoms with E-state index >= 15 is 0 Å². The second-order valence-electron chi connectivity index (χ2n) is 4.23. The van der Waals surface area contributed by atoms with Gasteiger partial charge in [-0.2, -0.15) is 0 Å². The molecule has 0 aliphatic carbocycles. The van der Waals surface area contributed by atoms with Crippen molar-refractivity contribution >= 4 is 5.57 Å². The first-order valence-corrected chi connectivity index (χ1v) is 5.50. The number of hydrogen-bond donors (Lipinski definition) is 0. The smallest absolute Gasteiger partial charge is 0.0175 e. The van der Waals surface area contributed by atoms with Gasteiger partial charge < -0.3 is 0 Å². The lowest BCUT2D eigenvalue weighted by atomic mass is 9.98. The zero-order valence-corrected chi connectivity index (χ0v) is 9.83. The summed E-state index contributed by atoms with van der Waals surface area (Å²) in [5.74, 6) is 0. The number of benzene rings is 2. The van der Waals surface area contributed by atoms with Gasteiger partial charge in [-0.15, -0.1) is 0 Å². The molecular formula is C16H16. The van der Waals surface area contributed by atoms with Crippen molar-refractivity contribution < 1.29 is 0 Å². The Morgan fingerprint density at radius 2 is 1.62 bits per heavy atom. The maximum absolute atomic E-state index is 4.00. The van der Waals surface area contributed by atoms with E-state index in [-0.39, 0.29) is 0 Å². The fraction of sp³-hybridized carbons (Fsp3) is 0.125. The van der Waals surface area contributed by atoms with Crippen molar-refractivity contribution in [2.45, 2.75) is 13.8 Å². The highest BCUT2D eigenvalue weighted by atomic mass is 14.1. The van der Waals surface area contributed by atoms with Crippen LogP contribution in [-0.4, -0.2) is 0 Å². The van der Waals surface area contributed by atoms with Gasteiger partial charge in [0, 0.05) is 0 Å². The zero-order valence-electron chi connectivity index (χ0n) is 9.83. The lowest BCUT2D eigenvalue weighted by Gasteiger charge is -2.07. The molecule has 0 heterocycles. The molecule has 0 bridgehead atoms. The molecule has 2 rings (SSSR count). The SMILES string of the molecule is C=C(C)c1cc(C)cc(-c2ccccc2)c1. The largest absolute Gasteiger partial charge is 0.0955 e. The Morgan fingerprint density at radius 3 is 2.25 bits per heavy atom. The molecule has 0 N–H and O–H groups in total. The predicted octanol–water partition coefficient (Wildman–Crippen LogP) is 4.70. The van der Waals surface area contributed by atoms with Gasteiger partial charge in [0.2, 0.25) is 0 Å². The highest BCUT2D eigenvalue weighted by molar-refractivity contribution is 5.71. The van der Waals surface area contributed by atoms with Crippen LogP contribution in [0.5, 0.6) is 0 Å². The van der Waals surface area contributed by atoms with E-state index in [1.807, 2.05) is 13.0 Å². The van der Waals surface area contributed by atoms with Crippen molar-refractivity contribution in [3.63, 3.8) is 0 Å². The molecule has 0 nitrogen and oxygen atoms in total. The maximum Gasteiger partial charge on any atom is -0.0175 e. The molecule has 0 atom stereocenters. The van der Waals surface area contributed by atoms with Crippen LogP contribution in [0.1, 0.15) is 18.1 Å². The third-order valence-corrected chi connectivity index (χ3v) is 2.68. The first kappa shape index (κ1) is 10.7. The van der Waals surface area contributed by atoms with E-state index in [0.717, 1.165) is 5.57 Å². The fourth-order valence-corrected chi connectivity index (χ4v) is 1.83. The van der Waals surface area contributed by atoms with Crippen molar-refractivity contribution in [1.82, 2.24) is 0 Å². The minimum Gasteiger partial charge on any atom is -0.0955 e. The quantitative estimate of drug-likeness (QED) is 0.671. The molecule has 0 amide bonds. The van der Waals surface area contributed by atoms with Gasteiger partial charge in [-0.25, -0.2) is 0 Å². The number of aryl methyl sites for hydroxylation is 1. The fourth-order valence-electron chi connectivity index (χ4n) is 1.83. The van der Waals surface area contributed by atoms with Crippen LogP contribution in [-0.2, 0) is 0 Å². The van der Waals surface area contributed by atoms with Gasteiger partial charge in [-0.05, 0) is 42.2 Å². The van der Waals surface area contributed by atoms with E-state index in [4.69, 9.17) is 0 Å². The summed E-state index contributed by atoms with van der Waals surface area (Å²) >= 11 is 0. The van der Waals surface area contributed by atoms with Gasteiger partial charge in [-0.1, -0.05) is 54.6 Å². The zero-order chi connectivity index (χ0) is 11.5. The Bertz CT molecular complexity index is 507. The third kappa shape index (κ3) is 2.22. The molecule has 16 heavy (non-hydrogen) atoms. The van der Waals surface area contributed by atoms with Gasteiger partial charge in [0.1, 0.15) is 0 Å². The molecule has 0 radical (unpaired) electrons. The molecule has 0 spiro atoms. The molecular weight excluding hydrogens is 192 g/mol. The Balaban J connectivity index is 2.54. The summed E-state index contributed by atoms with van der Waals surface area (Å²) in [7, 11) is 0. The van der Waals surface area contributed by atoms with Crippen molar-refractivity contribution in [3.05, 3.63) is 66.2 Å². The molecule has 0 unspecified atom stereocenters. The van der Waals surface area contributed by atoms with Gasteiger partial charge >= 0.3 is 0 Å². The molecule has 0 fully saturated rings. The van der Waals surface area contributed by atoms with E-state index in [1.54, 1.807) is 0 Å². The summed E-state index contributed by atoms with van der Waals surface area (Å²) in [6.07, 6.45) is 0. The topological polar surface area (TPSA) is 0 Å². The minimum atomic E-state index is 1.11. The van der Waals surface area contributed by atoms with Crippen LogP contribution in [0.25, 0.3) is 16.7 Å². The van der Waals surface area contributed by atoms with Gasteiger partial charge in [0.25, 0.3) is 0 Å². The van der Waals surface area contributed by atoms with Crippen LogP contribution >= 0.6 is 0 Å². The van der Waals surface area contributed by atoms with E-state index in [1.165, 1.54) is 22.3 Å². The van der Waals surface area contributed by atoms with Crippen LogP contribution in [0.4, 0.5) is 0 Å². The number of allylic oxidation sites excluding steroid dienone is 1. The van der Waals surface area contributed by atoms with E-state index in [9.17, 15) is 0 Å². The second kappa shape index (κ2) is 4.36. The van der Waals surface area contributed by atoms with Gasteiger partial charge in [-0.3, -0.25) is 0 Å². The Morgan fingerprint density at radius 1 is 0.938 bits per heavy atom. The lowest BCUT2D eigenvalue weighted by Crippen LogP contribution is -1.84. The molecule has 0 heteroatoms. The monoisotopic (exact) mass is 208 g/mol. The first-order chi connectivity index (χ1) is 7.66. The van der Waals surface area contributed by atoms with Gasteiger partial charge in [0.05, 0.1) is 0 Å². The van der Waals surface area contributed by atoms with Gasteiger partial charge in [0.15, 0.2) is 0 Å².